The lowest BCUT2D eigenvalue weighted by Gasteiger charge is -2.38. The molecule has 1 aromatic rings. The van der Waals surface area contributed by atoms with E-state index in [4.69, 9.17) is 5.11 Å². The number of aliphatic hydroxyl groups excluding tert-OH is 1. The van der Waals surface area contributed by atoms with Crippen LogP contribution in [0.4, 0.5) is 0 Å². The minimum absolute atomic E-state index is 0.0409. The van der Waals surface area contributed by atoms with Crippen molar-refractivity contribution in [2.24, 2.45) is 5.41 Å². The maximum absolute atomic E-state index is 12.1. The van der Waals surface area contributed by atoms with Gasteiger partial charge in [-0.2, -0.15) is 0 Å². The van der Waals surface area contributed by atoms with Gasteiger partial charge in [-0.05, 0) is 24.3 Å². The first-order chi connectivity index (χ1) is 9.63. The second-order valence-electron chi connectivity index (χ2n) is 5.58. The van der Waals surface area contributed by atoms with Gasteiger partial charge in [-0.15, -0.1) is 0 Å². The summed E-state index contributed by atoms with van der Waals surface area (Å²) in [4.78, 5) is 16.1. The van der Waals surface area contributed by atoms with Crippen molar-refractivity contribution < 1.29 is 9.90 Å². The highest BCUT2D eigenvalue weighted by Gasteiger charge is 2.31. The van der Waals surface area contributed by atoms with Gasteiger partial charge < -0.3 is 10.4 Å². The lowest BCUT2D eigenvalue weighted by Crippen LogP contribution is -2.39. The van der Waals surface area contributed by atoms with Gasteiger partial charge in [0.05, 0.1) is 12.2 Å². The number of hydrogen-bond acceptors (Lipinski definition) is 3. The highest BCUT2D eigenvalue weighted by molar-refractivity contribution is 5.94. The molecule has 1 amide bonds. The number of carbonyl (C=O) groups is 1. The normalized spacial score (nSPS) is 15.7. The topological polar surface area (TPSA) is 62.2 Å². The standard InChI is InChI=1S/C16H20N2O2/c1-16(6-4-7-16)12-18-15(20)14-9-13(10-17-11-14)5-2-3-8-19/h9-11,19H,3-4,6-8,12H2,1H3,(H,18,20). The van der Waals surface area contributed by atoms with Crippen LogP contribution in [0.2, 0.25) is 0 Å². The van der Waals surface area contributed by atoms with Crippen molar-refractivity contribution in [3.63, 3.8) is 0 Å². The Labute approximate surface area is 119 Å². The molecule has 2 N–H and O–H groups in total. The SMILES string of the molecule is CC1(CNC(=O)c2cncc(C#CCCO)c2)CCC1. The molecule has 0 aliphatic heterocycles. The number of nitrogens with zero attached hydrogens (tertiary/aromatic N) is 1. The maximum Gasteiger partial charge on any atom is 0.252 e. The Hall–Kier alpha value is -1.86. The fourth-order valence-electron chi connectivity index (χ4n) is 2.21. The van der Waals surface area contributed by atoms with E-state index in [1.165, 1.54) is 19.3 Å². The van der Waals surface area contributed by atoms with E-state index >= 15 is 0 Å². The predicted molar refractivity (Wildman–Crippen MR) is 77.1 cm³/mol. The van der Waals surface area contributed by atoms with Crippen LogP contribution in [0.5, 0.6) is 0 Å². The quantitative estimate of drug-likeness (QED) is 0.821. The molecule has 1 aliphatic carbocycles. The van der Waals surface area contributed by atoms with Crippen LogP contribution in [0, 0.1) is 17.3 Å². The zero-order valence-electron chi connectivity index (χ0n) is 11.8. The minimum atomic E-state index is -0.101. The van der Waals surface area contributed by atoms with Gasteiger partial charge in [-0.1, -0.05) is 25.2 Å². The number of rotatable bonds is 4. The van der Waals surface area contributed by atoms with Crippen molar-refractivity contribution in [1.82, 2.24) is 10.3 Å². The Bertz CT molecular complexity index is 539. The molecule has 1 aliphatic rings. The van der Waals surface area contributed by atoms with E-state index < -0.39 is 0 Å². The Morgan fingerprint density at radius 2 is 2.30 bits per heavy atom. The van der Waals surface area contributed by atoms with E-state index in [-0.39, 0.29) is 17.9 Å². The summed E-state index contributed by atoms with van der Waals surface area (Å²) < 4.78 is 0. The second kappa shape index (κ2) is 6.53. The van der Waals surface area contributed by atoms with Gasteiger partial charge in [0.2, 0.25) is 0 Å². The molecule has 1 saturated carbocycles. The number of carbonyl (C=O) groups excluding carboxylic acids is 1. The summed E-state index contributed by atoms with van der Waals surface area (Å²) in [6.07, 6.45) is 7.21. The first-order valence-corrected chi connectivity index (χ1v) is 6.96. The van der Waals surface area contributed by atoms with Crippen molar-refractivity contribution >= 4 is 5.91 Å². The molecule has 0 bridgehead atoms. The van der Waals surface area contributed by atoms with Crippen LogP contribution in [-0.4, -0.2) is 29.1 Å². The first-order valence-electron chi connectivity index (χ1n) is 6.96. The van der Waals surface area contributed by atoms with E-state index in [1.54, 1.807) is 18.5 Å². The molecule has 4 nitrogen and oxygen atoms in total. The summed E-state index contributed by atoms with van der Waals surface area (Å²) in [5.74, 6) is 5.60. The number of pyridine rings is 1. The number of hydrogen-bond donors (Lipinski definition) is 2. The van der Waals surface area contributed by atoms with E-state index in [2.05, 4.69) is 29.1 Å². The molecule has 4 heteroatoms. The average molecular weight is 272 g/mol. The van der Waals surface area contributed by atoms with Gasteiger partial charge in [0.25, 0.3) is 5.91 Å². The molecule has 0 atom stereocenters. The summed E-state index contributed by atoms with van der Waals surface area (Å²) in [7, 11) is 0. The Morgan fingerprint density at radius 1 is 1.50 bits per heavy atom. The number of aromatic nitrogens is 1. The second-order valence-corrected chi connectivity index (χ2v) is 5.58. The molecule has 106 valence electrons. The van der Waals surface area contributed by atoms with E-state index in [1.807, 2.05) is 0 Å². The third-order valence-electron chi connectivity index (χ3n) is 3.71. The van der Waals surface area contributed by atoms with Gasteiger partial charge in [0, 0.05) is 30.9 Å². The monoisotopic (exact) mass is 272 g/mol. The lowest BCUT2D eigenvalue weighted by molar-refractivity contribution is 0.0890. The van der Waals surface area contributed by atoms with Crippen molar-refractivity contribution in [1.29, 1.82) is 0 Å². The smallest absolute Gasteiger partial charge is 0.252 e. The van der Waals surface area contributed by atoms with Crippen LogP contribution in [0.3, 0.4) is 0 Å². The fraction of sp³-hybridized carbons (Fsp3) is 0.500. The Kier molecular flexibility index (Phi) is 4.75. The lowest BCUT2D eigenvalue weighted by atomic mass is 9.70. The molecule has 2 rings (SSSR count). The van der Waals surface area contributed by atoms with Gasteiger partial charge in [-0.3, -0.25) is 9.78 Å². The molecule has 1 aromatic heterocycles. The molecule has 1 heterocycles. The van der Waals surface area contributed by atoms with Crippen LogP contribution in [0.15, 0.2) is 18.5 Å². The van der Waals surface area contributed by atoms with E-state index in [0.29, 0.717) is 24.1 Å². The van der Waals surface area contributed by atoms with Crippen LogP contribution in [0.1, 0.15) is 48.5 Å². The molecular formula is C16H20N2O2. The third kappa shape index (κ3) is 3.82. The first kappa shape index (κ1) is 14.5. The molecule has 0 aromatic carbocycles. The van der Waals surface area contributed by atoms with Crippen molar-refractivity contribution in [3.8, 4) is 11.8 Å². The molecule has 0 radical (unpaired) electrons. The van der Waals surface area contributed by atoms with Crippen LogP contribution in [0.25, 0.3) is 0 Å². The summed E-state index contributed by atoms with van der Waals surface area (Å²) >= 11 is 0. The van der Waals surface area contributed by atoms with Crippen LogP contribution < -0.4 is 5.32 Å². The number of nitrogens with one attached hydrogen (secondary N) is 1. The minimum Gasteiger partial charge on any atom is -0.395 e. The van der Waals surface area contributed by atoms with Gasteiger partial charge in [0.1, 0.15) is 0 Å². The Balaban J connectivity index is 1.96. The summed E-state index contributed by atoms with van der Waals surface area (Å²) in [6, 6.07) is 1.73. The van der Waals surface area contributed by atoms with Crippen molar-refractivity contribution in [3.05, 3.63) is 29.6 Å². The van der Waals surface area contributed by atoms with Crippen molar-refractivity contribution in [2.45, 2.75) is 32.6 Å². The molecule has 0 saturated heterocycles. The highest BCUT2D eigenvalue weighted by atomic mass is 16.2. The number of amides is 1. The van der Waals surface area contributed by atoms with Crippen LogP contribution >= 0.6 is 0 Å². The molecular weight excluding hydrogens is 252 g/mol. The highest BCUT2D eigenvalue weighted by Crippen LogP contribution is 2.39. The third-order valence-corrected chi connectivity index (χ3v) is 3.71. The number of aliphatic hydroxyl groups is 1. The predicted octanol–water partition coefficient (Wildman–Crippen LogP) is 1.74. The van der Waals surface area contributed by atoms with E-state index in [9.17, 15) is 4.79 Å². The maximum atomic E-state index is 12.1. The molecule has 0 spiro atoms. The molecule has 0 unspecified atom stereocenters. The van der Waals surface area contributed by atoms with Crippen LogP contribution in [-0.2, 0) is 0 Å². The fourth-order valence-corrected chi connectivity index (χ4v) is 2.21. The van der Waals surface area contributed by atoms with Gasteiger partial charge in [0.15, 0.2) is 0 Å². The van der Waals surface area contributed by atoms with Crippen molar-refractivity contribution in [2.75, 3.05) is 13.2 Å². The van der Waals surface area contributed by atoms with Gasteiger partial charge in [-0.25, -0.2) is 0 Å². The summed E-state index contributed by atoms with van der Waals surface area (Å²) in [6.45, 7) is 2.96. The zero-order valence-corrected chi connectivity index (χ0v) is 11.8. The molecule has 20 heavy (non-hydrogen) atoms. The average Bonchev–Trinajstić information content (AvgIpc) is 2.43. The zero-order chi connectivity index (χ0) is 14.4. The molecule has 1 fully saturated rings. The largest absolute Gasteiger partial charge is 0.395 e. The summed E-state index contributed by atoms with van der Waals surface area (Å²) in [5, 5.41) is 11.6. The Morgan fingerprint density at radius 3 is 2.95 bits per heavy atom. The van der Waals surface area contributed by atoms with E-state index in [0.717, 1.165) is 0 Å². The summed E-state index contributed by atoms with van der Waals surface area (Å²) in [5.41, 5.74) is 1.49. The van der Waals surface area contributed by atoms with Gasteiger partial charge >= 0.3 is 0 Å².